The Morgan fingerprint density at radius 2 is 1.57 bits per heavy atom. The number of nitrogens with zero attached hydrogens (tertiary/aromatic N) is 2. The van der Waals surface area contributed by atoms with Crippen LogP contribution in [0.15, 0.2) is 70.7 Å². The topological polar surface area (TPSA) is 84.0 Å². The summed E-state index contributed by atoms with van der Waals surface area (Å²) in [5.74, 6) is -0.239. The number of rotatable bonds is 8. The lowest BCUT2D eigenvalue weighted by atomic mass is 10.1. The standard InChI is InChI=1S/C23H24N4O2S/c1-16-14-17(2)26-23(25-16)30-20-10-8-19(9-11-20)27-21(28)12-13-24-22(29)15-18-6-4-3-5-7-18/h3-11,14H,12-13,15H2,1-2H3,(H,24,29)(H,27,28). The maximum Gasteiger partial charge on any atom is 0.226 e. The highest BCUT2D eigenvalue weighted by atomic mass is 32.2. The van der Waals surface area contributed by atoms with Gasteiger partial charge >= 0.3 is 0 Å². The van der Waals surface area contributed by atoms with Crippen LogP contribution in [0.3, 0.4) is 0 Å². The van der Waals surface area contributed by atoms with Crippen LogP contribution in [0, 0.1) is 13.8 Å². The van der Waals surface area contributed by atoms with Crippen molar-refractivity contribution in [2.75, 3.05) is 11.9 Å². The molecule has 2 amide bonds. The number of hydrogen-bond donors (Lipinski definition) is 2. The van der Waals surface area contributed by atoms with Crippen LogP contribution in [-0.4, -0.2) is 28.3 Å². The Labute approximate surface area is 180 Å². The van der Waals surface area contributed by atoms with E-state index in [1.54, 1.807) is 0 Å². The summed E-state index contributed by atoms with van der Waals surface area (Å²) in [5, 5.41) is 6.32. The van der Waals surface area contributed by atoms with Crippen LogP contribution in [0.4, 0.5) is 5.69 Å². The third-order valence-electron chi connectivity index (χ3n) is 4.19. The lowest BCUT2D eigenvalue weighted by molar-refractivity contribution is -0.120. The Morgan fingerprint density at radius 3 is 2.23 bits per heavy atom. The highest BCUT2D eigenvalue weighted by Crippen LogP contribution is 2.26. The fourth-order valence-electron chi connectivity index (χ4n) is 2.83. The van der Waals surface area contributed by atoms with Crippen molar-refractivity contribution in [2.45, 2.75) is 36.7 Å². The first-order valence-electron chi connectivity index (χ1n) is 9.68. The van der Waals surface area contributed by atoms with Gasteiger partial charge in [0.25, 0.3) is 0 Å². The average Bonchev–Trinajstić information content (AvgIpc) is 2.69. The van der Waals surface area contributed by atoms with Crippen LogP contribution in [-0.2, 0) is 16.0 Å². The summed E-state index contributed by atoms with van der Waals surface area (Å²) < 4.78 is 0. The second-order valence-electron chi connectivity index (χ2n) is 6.87. The Bertz CT molecular complexity index is 987. The summed E-state index contributed by atoms with van der Waals surface area (Å²) in [4.78, 5) is 33.9. The third-order valence-corrected chi connectivity index (χ3v) is 5.06. The number of anilines is 1. The van der Waals surface area contributed by atoms with Crippen molar-refractivity contribution in [2.24, 2.45) is 0 Å². The van der Waals surface area contributed by atoms with E-state index < -0.39 is 0 Å². The number of amides is 2. The number of hydrogen-bond acceptors (Lipinski definition) is 5. The highest BCUT2D eigenvalue weighted by Gasteiger charge is 2.07. The molecule has 2 aromatic carbocycles. The van der Waals surface area contributed by atoms with Crippen LogP contribution < -0.4 is 10.6 Å². The number of aryl methyl sites for hydroxylation is 2. The highest BCUT2D eigenvalue weighted by molar-refractivity contribution is 7.99. The molecule has 3 rings (SSSR count). The van der Waals surface area contributed by atoms with Gasteiger partial charge in [-0.1, -0.05) is 30.3 Å². The van der Waals surface area contributed by atoms with E-state index in [1.165, 1.54) is 11.8 Å². The summed E-state index contributed by atoms with van der Waals surface area (Å²) in [5.41, 5.74) is 3.53. The Hall–Kier alpha value is -3.19. The first-order chi connectivity index (χ1) is 14.5. The molecule has 0 bridgehead atoms. The van der Waals surface area contributed by atoms with Crippen LogP contribution in [0.2, 0.25) is 0 Å². The van der Waals surface area contributed by atoms with Crippen molar-refractivity contribution in [3.05, 3.63) is 77.6 Å². The van der Waals surface area contributed by atoms with Crippen LogP contribution >= 0.6 is 11.8 Å². The Kier molecular flexibility index (Phi) is 7.57. The lowest BCUT2D eigenvalue weighted by Crippen LogP contribution is -2.28. The quantitative estimate of drug-likeness (QED) is 0.540. The van der Waals surface area contributed by atoms with E-state index in [0.717, 1.165) is 21.8 Å². The van der Waals surface area contributed by atoms with Gasteiger partial charge in [-0.15, -0.1) is 0 Å². The van der Waals surface area contributed by atoms with Gasteiger partial charge in [0.15, 0.2) is 5.16 Å². The summed E-state index contributed by atoms with van der Waals surface area (Å²) in [6.45, 7) is 4.19. The van der Waals surface area contributed by atoms with Crippen molar-refractivity contribution in [3.8, 4) is 0 Å². The van der Waals surface area contributed by atoms with Gasteiger partial charge < -0.3 is 10.6 Å². The third kappa shape index (κ3) is 7.00. The molecular weight excluding hydrogens is 396 g/mol. The number of nitrogens with one attached hydrogen (secondary N) is 2. The molecule has 0 spiro atoms. The predicted molar refractivity (Wildman–Crippen MR) is 118 cm³/mol. The van der Waals surface area contributed by atoms with Crippen LogP contribution in [0.25, 0.3) is 0 Å². The zero-order valence-electron chi connectivity index (χ0n) is 17.0. The van der Waals surface area contributed by atoms with E-state index in [9.17, 15) is 9.59 Å². The largest absolute Gasteiger partial charge is 0.355 e. The molecule has 0 radical (unpaired) electrons. The molecule has 0 saturated carbocycles. The molecule has 154 valence electrons. The normalized spacial score (nSPS) is 10.5. The molecule has 0 aliphatic carbocycles. The lowest BCUT2D eigenvalue weighted by Gasteiger charge is -2.08. The van der Waals surface area contributed by atoms with Crippen LogP contribution in [0.1, 0.15) is 23.4 Å². The zero-order chi connectivity index (χ0) is 21.3. The van der Waals surface area contributed by atoms with Gasteiger partial charge in [0, 0.05) is 34.9 Å². The van der Waals surface area contributed by atoms with E-state index in [0.29, 0.717) is 23.8 Å². The molecule has 0 aliphatic rings. The first kappa shape index (κ1) is 21.5. The van der Waals surface area contributed by atoms with E-state index in [-0.39, 0.29) is 18.2 Å². The number of benzene rings is 2. The monoisotopic (exact) mass is 420 g/mol. The van der Waals surface area contributed by atoms with Gasteiger partial charge in [-0.05, 0) is 61.5 Å². The SMILES string of the molecule is Cc1cc(C)nc(Sc2ccc(NC(=O)CCNC(=O)Cc3ccccc3)cc2)n1. The Balaban J connectivity index is 1.42. The minimum atomic E-state index is -0.145. The number of carbonyl (C=O) groups excluding carboxylic acids is 2. The van der Waals surface area contributed by atoms with Crippen molar-refractivity contribution in [1.29, 1.82) is 0 Å². The van der Waals surface area contributed by atoms with Crippen LogP contribution in [0.5, 0.6) is 0 Å². The molecule has 30 heavy (non-hydrogen) atoms. The van der Waals surface area contributed by atoms with Gasteiger partial charge in [0.05, 0.1) is 6.42 Å². The van der Waals surface area contributed by atoms with Crippen molar-refractivity contribution >= 4 is 29.3 Å². The average molecular weight is 421 g/mol. The molecule has 0 fully saturated rings. The molecule has 0 aliphatic heterocycles. The summed E-state index contributed by atoms with van der Waals surface area (Å²) in [7, 11) is 0. The van der Waals surface area contributed by atoms with Gasteiger partial charge in [0.2, 0.25) is 11.8 Å². The molecule has 7 heteroatoms. The van der Waals surface area contributed by atoms with E-state index >= 15 is 0 Å². The molecular formula is C23H24N4O2S. The summed E-state index contributed by atoms with van der Waals surface area (Å²) in [6, 6.07) is 19.0. The Morgan fingerprint density at radius 1 is 0.900 bits per heavy atom. The number of carbonyl (C=O) groups is 2. The van der Waals surface area contributed by atoms with Crippen molar-refractivity contribution in [3.63, 3.8) is 0 Å². The van der Waals surface area contributed by atoms with Gasteiger partial charge in [-0.3, -0.25) is 9.59 Å². The maximum absolute atomic E-state index is 12.1. The first-order valence-corrected chi connectivity index (χ1v) is 10.5. The summed E-state index contributed by atoms with van der Waals surface area (Å²) in [6.07, 6.45) is 0.527. The molecule has 0 unspecified atom stereocenters. The fraction of sp³-hybridized carbons (Fsp3) is 0.217. The van der Waals surface area contributed by atoms with Gasteiger partial charge in [-0.2, -0.15) is 0 Å². The molecule has 2 N–H and O–H groups in total. The van der Waals surface area contributed by atoms with Crippen molar-refractivity contribution in [1.82, 2.24) is 15.3 Å². The second-order valence-corrected chi connectivity index (χ2v) is 7.91. The predicted octanol–water partition coefficient (Wildman–Crippen LogP) is 3.93. The second kappa shape index (κ2) is 10.5. The minimum absolute atomic E-state index is 0.0935. The van der Waals surface area contributed by atoms with E-state index in [4.69, 9.17) is 0 Å². The molecule has 3 aromatic rings. The van der Waals surface area contributed by atoms with Crippen molar-refractivity contribution < 1.29 is 9.59 Å². The molecule has 0 atom stereocenters. The van der Waals surface area contributed by atoms with E-state index in [2.05, 4.69) is 20.6 Å². The summed E-state index contributed by atoms with van der Waals surface area (Å²) >= 11 is 1.48. The maximum atomic E-state index is 12.1. The smallest absolute Gasteiger partial charge is 0.226 e. The number of aromatic nitrogens is 2. The van der Waals surface area contributed by atoms with E-state index in [1.807, 2.05) is 74.5 Å². The molecule has 6 nitrogen and oxygen atoms in total. The molecule has 1 aromatic heterocycles. The zero-order valence-corrected chi connectivity index (χ0v) is 17.8. The van der Waals surface area contributed by atoms with Gasteiger partial charge in [0.1, 0.15) is 0 Å². The minimum Gasteiger partial charge on any atom is -0.355 e. The molecule has 1 heterocycles. The molecule has 0 saturated heterocycles. The fourth-order valence-corrected chi connectivity index (χ4v) is 3.70. The van der Waals surface area contributed by atoms with Gasteiger partial charge in [-0.25, -0.2) is 9.97 Å².